The Hall–Kier alpha value is -1.56. The molecule has 16 heavy (non-hydrogen) atoms. The zero-order chi connectivity index (χ0) is 11.5. The van der Waals surface area contributed by atoms with Gasteiger partial charge in [-0.1, -0.05) is 6.07 Å². The summed E-state index contributed by atoms with van der Waals surface area (Å²) in [4.78, 5) is 7.49. The highest BCUT2D eigenvalue weighted by Crippen LogP contribution is 2.16. The number of nitrogen functional groups attached to an aromatic ring is 1. The van der Waals surface area contributed by atoms with Crippen molar-refractivity contribution in [1.29, 1.82) is 0 Å². The molecule has 0 spiro atoms. The van der Waals surface area contributed by atoms with Gasteiger partial charge >= 0.3 is 0 Å². The van der Waals surface area contributed by atoms with Crippen LogP contribution in [0.1, 0.15) is 11.8 Å². The van der Waals surface area contributed by atoms with Crippen LogP contribution in [-0.2, 0) is 6.42 Å². The number of likely N-dealkylation sites (N-methyl/N-ethyl adjacent to an activating group) is 1. The molecule has 1 atom stereocenters. The monoisotopic (exact) mass is 237 g/mol. The Morgan fingerprint density at radius 2 is 2.44 bits per heavy atom. The van der Waals surface area contributed by atoms with Crippen molar-refractivity contribution < 1.29 is 0 Å². The van der Waals surface area contributed by atoms with Crippen molar-refractivity contribution in [3.8, 4) is 0 Å². The van der Waals surface area contributed by atoms with E-state index in [9.17, 15) is 0 Å². The SMILES string of the molecule is CC(Cc1cccs1)N(C)c1n[nH]c(N)n1. The number of aromatic amines is 1. The lowest BCUT2D eigenvalue weighted by Crippen LogP contribution is -2.31. The summed E-state index contributed by atoms with van der Waals surface area (Å²) in [6.07, 6.45) is 0.989. The van der Waals surface area contributed by atoms with Gasteiger partial charge in [-0.25, -0.2) is 5.10 Å². The predicted octanol–water partition coefficient (Wildman–Crippen LogP) is 1.52. The van der Waals surface area contributed by atoms with Gasteiger partial charge in [0.05, 0.1) is 0 Å². The van der Waals surface area contributed by atoms with Crippen LogP contribution in [0.4, 0.5) is 11.9 Å². The fraction of sp³-hybridized carbons (Fsp3) is 0.400. The molecular weight excluding hydrogens is 222 g/mol. The number of thiophene rings is 1. The Balaban J connectivity index is 2.02. The third-order valence-electron chi connectivity index (χ3n) is 2.54. The summed E-state index contributed by atoms with van der Waals surface area (Å²) in [6, 6.07) is 4.55. The number of nitrogens with one attached hydrogen (secondary N) is 1. The van der Waals surface area contributed by atoms with Crippen LogP contribution in [-0.4, -0.2) is 28.3 Å². The first kappa shape index (κ1) is 10.9. The van der Waals surface area contributed by atoms with Crippen molar-refractivity contribution in [2.75, 3.05) is 17.7 Å². The molecule has 0 saturated heterocycles. The summed E-state index contributed by atoms with van der Waals surface area (Å²) in [7, 11) is 1.97. The second-order valence-electron chi connectivity index (χ2n) is 3.76. The van der Waals surface area contributed by atoms with E-state index in [2.05, 4.69) is 39.6 Å². The van der Waals surface area contributed by atoms with Gasteiger partial charge in [-0.2, -0.15) is 4.98 Å². The first-order valence-corrected chi connectivity index (χ1v) is 5.98. The maximum atomic E-state index is 5.50. The van der Waals surface area contributed by atoms with Crippen LogP contribution in [0, 0.1) is 0 Å². The molecule has 0 amide bonds. The molecule has 0 radical (unpaired) electrons. The summed E-state index contributed by atoms with van der Waals surface area (Å²) >= 11 is 1.77. The van der Waals surface area contributed by atoms with Gasteiger partial charge in [-0.3, -0.25) is 0 Å². The van der Waals surface area contributed by atoms with E-state index < -0.39 is 0 Å². The van der Waals surface area contributed by atoms with Gasteiger partial charge in [0.2, 0.25) is 11.9 Å². The van der Waals surface area contributed by atoms with Crippen LogP contribution in [0.15, 0.2) is 17.5 Å². The minimum Gasteiger partial charge on any atom is -0.368 e. The predicted molar refractivity (Wildman–Crippen MR) is 66.7 cm³/mol. The highest BCUT2D eigenvalue weighted by atomic mass is 32.1. The summed E-state index contributed by atoms with van der Waals surface area (Å²) in [5.74, 6) is 0.992. The number of H-pyrrole nitrogens is 1. The van der Waals surface area contributed by atoms with Crippen molar-refractivity contribution >= 4 is 23.2 Å². The van der Waals surface area contributed by atoms with E-state index in [1.165, 1.54) is 4.88 Å². The molecule has 0 bridgehead atoms. The molecule has 5 nitrogen and oxygen atoms in total. The molecule has 6 heteroatoms. The van der Waals surface area contributed by atoms with Crippen molar-refractivity contribution in [1.82, 2.24) is 15.2 Å². The van der Waals surface area contributed by atoms with Crippen molar-refractivity contribution in [2.24, 2.45) is 0 Å². The third-order valence-corrected chi connectivity index (χ3v) is 3.44. The number of nitrogens with zero attached hydrogens (tertiary/aromatic N) is 3. The molecule has 0 aliphatic carbocycles. The van der Waals surface area contributed by atoms with Crippen LogP contribution < -0.4 is 10.6 Å². The van der Waals surface area contributed by atoms with Gasteiger partial charge in [0.15, 0.2) is 0 Å². The maximum Gasteiger partial charge on any atom is 0.246 e. The summed E-state index contributed by atoms with van der Waals surface area (Å²) in [5, 5.41) is 8.77. The minimum atomic E-state index is 0.342. The normalized spacial score (nSPS) is 12.6. The Labute approximate surface area is 98.3 Å². The second kappa shape index (κ2) is 4.52. The number of rotatable bonds is 4. The minimum absolute atomic E-state index is 0.342. The third kappa shape index (κ3) is 2.33. The Bertz CT molecular complexity index is 436. The lowest BCUT2D eigenvalue weighted by Gasteiger charge is -2.22. The highest BCUT2D eigenvalue weighted by molar-refractivity contribution is 7.09. The van der Waals surface area contributed by atoms with E-state index in [1.54, 1.807) is 11.3 Å². The van der Waals surface area contributed by atoms with Crippen LogP contribution in [0.25, 0.3) is 0 Å². The van der Waals surface area contributed by atoms with E-state index in [0.29, 0.717) is 17.9 Å². The van der Waals surface area contributed by atoms with E-state index in [1.807, 2.05) is 11.9 Å². The average Bonchev–Trinajstić information content (AvgIpc) is 2.88. The van der Waals surface area contributed by atoms with Crippen molar-refractivity contribution in [3.05, 3.63) is 22.4 Å². The molecule has 0 saturated carbocycles. The van der Waals surface area contributed by atoms with Crippen LogP contribution in [0.3, 0.4) is 0 Å². The molecule has 86 valence electrons. The van der Waals surface area contributed by atoms with Gasteiger partial charge < -0.3 is 10.6 Å². The van der Waals surface area contributed by atoms with Gasteiger partial charge in [-0.15, -0.1) is 16.4 Å². The van der Waals surface area contributed by atoms with Crippen LogP contribution >= 0.6 is 11.3 Å². The highest BCUT2D eigenvalue weighted by Gasteiger charge is 2.14. The summed E-state index contributed by atoms with van der Waals surface area (Å²) < 4.78 is 0. The molecule has 0 aromatic carbocycles. The largest absolute Gasteiger partial charge is 0.368 e. The number of anilines is 2. The molecule has 2 rings (SSSR count). The Kier molecular flexibility index (Phi) is 3.09. The van der Waals surface area contributed by atoms with Gasteiger partial charge in [-0.05, 0) is 18.4 Å². The van der Waals surface area contributed by atoms with Gasteiger partial charge in [0.1, 0.15) is 0 Å². The zero-order valence-electron chi connectivity index (χ0n) is 9.34. The maximum absolute atomic E-state index is 5.50. The van der Waals surface area contributed by atoms with E-state index in [-0.39, 0.29) is 0 Å². The van der Waals surface area contributed by atoms with Gasteiger partial charge in [0.25, 0.3) is 0 Å². The first-order valence-electron chi connectivity index (χ1n) is 5.10. The smallest absolute Gasteiger partial charge is 0.246 e. The van der Waals surface area contributed by atoms with Crippen LogP contribution in [0.5, 0.6) is 0 Å². The molecule has 1 unspecified atom stereocenters. The molecule has 0 aliphatic rings. The fourth-order valence-corrected chi connectivity index (χ4v) is 2.30. The number of nitrogens with two attached hydrogens (primary N) is 1. The topological polar surface area (TPSA) is 70.8 Å². The molecule has 2 aromatic heterocycles. The standard InChI is InChI=1S/C10H15N5S/c1-7(6-8-4-3-5-16-8)15(2)10-12-9(11)13-14-10/h3-5,7H,6H2,1-2H3,(H3,11,12,13,14). The summed E-state index contributed by atoms with van der Waals surface area (Å²) in [6.45, 7) is 2.15. The second-order valence-corrected chi connectivity index (χ2v) is 4.80. The molecule has 2 aromatic rings. The molecule has 0 fully saturated rings. The number of hydrogen-bond donors (Lipinski definition) is 2. The van der Waals surface area contributed by atoms with E-state index in [4.69, 9.17) is 5.73 Å². The molecule has 3 N–H and O–H groups in total. The van der Waals surface area contributed by atoms with Crippen molar-refractivity contribution in [2.45, 2.75) is 19.4 Å². The molecule has 0 aliphatic heterocycles. The lowest BCUT2D eigenvalue weighted by molar-refractivity contribution is 0.672. The quantitative estimate of drug-likeness (QED) is 0.845. The Morgan fingerprint density at radius 3 is 3.00 bits per heavy atom. The lowest BCUT2D eigenvalue weighted by atomic mass is 10.2. The average molecular weight is 237 g/mol. The van der Waals surface area contributed by atoms with Crippen LogP contribution in [0.2, 0.25) is 0 Å². The fourth-order valence-electron chi connectivity index (χ4n) is 1.48. The Morgan fingerprint density at radius 1 is 1.62 bits per heavy atom. The summed E-state index contributed by atoms with van der Waals surface area (Å²) in [5.41, 5.74) is 5.50. The first-order chi connectivity index (χ1) is 7.66. The van der Waals surface area contributed by atoms with E-state index in [0.717, 1.165) is 6.42 Å². The molecular formula is C10H15N5S. The van der Waals surface area contributed by atoms with Crippen molar-refractivity contribution in [3.63, 3.8) is 0 Å². The number of aromatic nitrogens is 3. The van der Waals surface area contributed by atoms with Gasteiger partial charge in [0, 0.05) is 24.4 Å². The van der Waals surface area contributed by atoms with E-state index >= 15 is 0 Å². The zero-order valence-corrected chi connectivity index (χ0v) is 10.2. The molecule has 2 heterocycles. The number of hydrogen-bond acceptors (Lipinski definition) is 5.